The molecule has 0 amide bonds. The first-order valence-corrected chi connectivity index (χ1v) is 9.95. The summed E-state index contributed by atoms with van der Waals surface area (Å²) in [4.78, 5) is 6.66. The number of benzene rings is 1. The van der Waals surface area contributed by atoms with E-state index in [0.717, 1.165) is 23.0 Å². The minimum atomic E-state index is 0.594. The molecule has 0 aliphatic rings. The number of para-hydroxylation sites is 1. The molecule has 0 fully saturated rings. The lowest BCUT2D eigenvalue weighted by atomic mass is 10.1. The Morgan fingerprint density at radius 2 is 2.07 bits per heavy atom. The fraction of sp³-hybridized carbons (Fsp3) is 0.250. The highest BCUT2D eigenvalue weighted by Gasteiger charge is 2.14. The third-order valence-electron chi connectivity index (χ3n) is 4.05. The third kappa shape index (κ3) is 4.97. The summed E-state index contributed by atoms with van der Waals surface area (Å²) >= 11 is 7.41. The molecular weight excluding hydrogens is 378 g/mol. The van der Waals surface area contributed by atoms with Gasteiger partial charge in [0.15, 0.2) is 5.16 Å². The number of fused-ring (bicyclic) bond motifs is 1. The maximum absolute atomic E-state index is 5.88. The molecule has 7 heteroatoms. The van der Waals surface area contributed by atoms with Crippen LogP contribution in [0.3, 0.4) is 0 Å². The lowest BCUT2D eigenvalue weighted by Gasteiger charge is -2.18. The van der Waals surface area contributed by atoms with E-state index in [2.05, 4.69) is 57.0 Å². The normalized spacial score (nSPS) is 11.2. The van der Waals surface area contributed by atoms with Crippen LogP contribution in [-0.4, -0.2) is 37.4 Å². The molecule has 27 heavy (non-hydrogen) atoms. The zero-order chi connectivity index (χ0) is 19.2. The molecule has 0 aliphatic carbocycles. The van der Waals surface area contributed by atoms with Gasteiger partial charge in [0, 0.05) is 35.5 Å². The first kappa shape index (κ1) is 19.6. The van der Waals surface area contributed by atoms with Gasteiger partial charge in [0.05, 0.1) is 12.1 Å². The lowest BCUT2D eigenvalue weighted by molar-refractivity contribution is 0.306. The van der Waals surface area contributed by atoms with Gasteiger partial charge < -0.3 is 4.57 Å². The van der Waals surface area contributed by atoms with Crippen LogP contribution in [0.25, 0.3) is 10.9 Å². The van der Waals surface area contributed by atoms with Crippen molar-refractivity contribution in [2.24, 2.45) is 0 Å². The Bertz CT molecular complexity index is 947. The van der Waals surface area contributed by atoms with E-state index in [1.165, 1.54) is 22.7 Å². The Morgan fingerprint density at radius 3 is 2.85 bits per heavy atom. The first-order valence-electron chi connectivity index (χ1n) is 8.58. The number of halogens is 1. The summed E-state index contributed by atoms with van der Waals surface area (Å²) in [7, 11) is 2.08. The van der Waals surface area contributed by atoms with E-state index >= 15 is 0 Å². The topological polar surface area (TPSA) is 46.8 Å². The number of thioether (sulfide) groups is 1. The Morgan fingerprint density at radius 1 is 1.26 bits per heavy atom. The average molecular weight is 400 g/mol. The van der Waals surface area contributed by atoms with Crippen LogP contribution in [0.2, 0.25) is 0 Å². The number of pyridine rings is 1. The van der Waals surface area contributed by atoms with Crippen molar-refractivity contribution in [1.82, 2.24) is 24.6 Å². The van der Waals surface area contributed by atoms with E-state index in [0.29, 0.717) is 23.9 Å². The van der Waals surface area contributed by atoms with Crippen LogP contribution in [0.4, 0.5) is 0 Å². The zero-order valence-corrected chi connectivity index (χ0v) is 16.9. The zero-order valence-electron chi connectivity index (χ0n) is 15.3. The van der Waals surface area contributed by atoms with Gasteiger partial charge in [-0.3, -0.25) is 9.88 Å². The number of hydrogen-bond acceptors (Lipinski definition) is 5. The summed E-state index contributed by atoms with van der Waals surface area (Å²) in [5, 5.41) is 11.3. The second-order valence-electron chi connectivity index (χ2n) is 6.26. The molecule has 0 saturated carbocycles. The van der Waals surface area contributed by atoms with E-state index < -0.39 is 0 Å². The summed E-state index contributed by atoms with van der Waals surface area (Å²) in [5.74, 6) is 1.51. The van der Waals surface area contributed by atoms with Gasteiger partial charge in [-0.25, -0.2) is 0 Å². The van der Waals surface area contributed by atoms with Crippen molar-refractivity contribution in [2.45, 2.75) is 24.8 Å². The van der Waals surface area contributed by atoms with Gasteiger partial charge in [0.1, 0.15) is 5.82 Å². The predicted molar refractivity (Wildman–Crippen MR) is 113 cm³/mol. The first-order chi connectivity index (χ1) is 13.1. The van der Waals surface area contributed by atoms with Crippen molar-refractivity contribution in [3.05, 3.63) is 72.2 Å². The number of hydrogen-bond donors (Lipinski definition) is 0. The molecular formula is C20H22ClN5S. The Balaban J connectivity index is 1.76. The van der Waals surface area contributed by atoms with Gasteiger partial charge in [0.2, 0.25) is 0 Å². The minimum Gasteiger partial charge on any atom is -0.301 e. The predicted octanol–water partition coefficient (Wildman–Crippen LogP) is 4.49. The Labute approximate surface area is 168 Å². The van der Waals surface area contributed by atoms with Crippen LogP contribution in [0, 0.1) is 0 Å². The summed E-state index contributed by atoms with van der Waals surface area (Å²) in [6.07, 6.45) is 3.71. The van der Waals surface area contributed by atoms with E-state index in [-0.39, 0.29) is 0 Å². The fourth-order valence-corrected chi connectivity index (χ4v) is 3.76. The molecule has 2 aromatic heterocycles. The molecule has 1 aromatic carbocycles. The molecule has 0 spiro atoms. The molecule has 0 radical (unpaired) electrons. The van der Waals surface area contributed by atoms with E-state index in [9.17, 15) is 0 Å². The number of allylic oxidation sites excluding steroid dienone is 1. The Kier molecular flexibility index (Phi) is 6.66. The van der Waals surface area contributed by atoms with Crippen molar-refractivity contribution in [3.8, 4) is 0 Å². The fourth-order valence-electron chi connectivity index (χ4n) is 2.88. The minimum absolute atomic E-state index is 0.594. The van der Waals surface area contributed by atoms with Gasteiger partial charge in [-0.2, -0.15) is 0 Å². The van der Waals surface area contributed by atoms with Gasteiger partial charge >= 0.3 is 0 Å². The van der Waals surface area contributed by atoms with Crippen molar-refractivity contribution in [1.29, 1.82) is 0 Å². The van der Waals surface area contributed by atoms with E-state index in [4.69, 9.17) is 11.6 Å². The van der Waals surface area contributed by atoms with Crippen LogP contribution in [0.5, 0.6) is 0 Å². The molecule has 0 N–H and O–H groups in total. The summed E-state index contributed by atoms with van der Waals surface area (Å²) in [6, 6.07) is 10.3. The summed E-state index contributed by atoms with van der Waals surface area (Å²) in [6.45, 7) is 9.71. The SMILES string of the molecule is C=CCn1c(CN(C)Cc2ccnc3ccccc23)nnc1SCC(=C)Cl. The third-order valence-corrected chi connectivity index (χ3v) is 5.40. The standard InChI is InChI=1S/C20H22ClN5S/c1-4-11-26-19(23-24-20(26)27-14-15(2)21)13-25(3)12-16-9-10-22-18-8-6-5-7-17(16)18/h4-10H,1-2,11-14H2,3H3. The van der Waals surface area contributed by atoms with Crippen molar-refractivity contribution in [2.75, 3.05) is 12.8 Å². The highest BCUT2D eigenvalue weighted by atomic mass is 35.5. The van der Waals surface area contributed by atoms with Crippen LogP contribution < -0.4 is 0 Å². The monoisotopic (exact) mass is 399 g/mol. The summed E-state index contributed by atoms with van der Waals surface area (Å²) < 4.78 is 2.07. The highest BCUT2D eigenvalue weighted by Crippen LogP contribution is 2.22. The van der Waals surface area contributed by atoms with Crippen molar-refractivity contribution in [3.63, 3.8) is 0 Å². The van der Waals surface area contributed by atoms with Crippen LogP contribution in [0.15, 0.2) is 66.0 Å². The molecule has 140 valence electrons. The van der Waals surface area contributed by atoms with Crippen molar-refractivity contribution >= 4 is 34.3 Å². The molecule has 2 heterocycles. The van der Waals surface area contributed by atoms with Gasteiger partial charge in [-0.15, -0.1) is 16.8 Å². The Hall–Kier alpha value is -2.15. The van der Waals surface area contributed by atoms with Gasteiger partial charge in [0.25, 0.3) is 0 Å². The smallest absolute Gasteiger partial charge is 0.191 e. The van der Waals surface area contributed by atoms with Crippen molar-refractivity contribution < 1.29 is 0 Å². The molecule has 3 rings (SSSR count). The van der Waals surface area contributed by atoms with Gasteiger partial charge in [-0.05, 0) is 24.7 Å². The molecule has 3 aromatic rings. The van der Waals surface area contributed by atoms with E-state index in [1.54, 1.807) is 0 Å². The van der Waals surface area contributed by atoms with Crippen LogP contribution in [-0.2, 0) is 19.6 Å². The quantitative estimate of drug-likeness (QED) is 0.392. The maximum Gasteiger partial charge on any atom is 0.191 e. The number of nitrogens with zero attached hydrogens (tertiary/aromatic N) is 5. The molecule has 0 atom stereocenters. The average Bonchev–Trinajstić information content (AvgIpc) is 3.02. The molecule has 0 saturated heterocycles. The summed E-state index contributed by atoms with van der Waals surface area (Å²) in [5.41, 5.74) is 2.25. The second-order valence-corrected chi connectivity index (χ2v) is 7.74. The van der Waals surface area contributed by atoms with E-state index in [1.807, 2.05) is 30.5 Å². The second kappa shape index (κ2) is 9.17. The lowest BCUT2D eigenvalue weighted by Crippen LogP contribution is -2.20. The largest absolute Gasteiger partial charge is 0.301 e. The maximum atomic E-state index is 5.88. The number of aromatic nitrogens is 4. The van der Waals surface area contributed by atoms with Crippen LogP contribution >= 0.6 is 23.4 Å². The highest BCUT2D eigenvalue weighted by molar-refractivity contribution is 7.99. The van der Waals surface area contributed by atoms with Crippen LogP contribution in [0.1, 0.15) is 11.4 Å². The number of rotatable bonds is 9. The molecule has 0 bridgehead atoms. The molecule has 0 aliphatic heterocycles. The molecule has 0 unspecified atom stereocenters. The van der Waals surface area contributed by atoms with Gasteiger partial charge in [-0.1, -0.05) is 54.2 Å². The molecule has 5 nitrogen and oxygen atoms in total.